The summed E-state index contributed by atoms with van der Waals surface area (Å²) in [5.41, 5.74) is 13.3. The summed E-state index contributed by atoms with van der Waals surface area (Å²) >= 11 is 0. The molecule has 1 aliphatic heterocycles. The molecule has 0 saturated carbocycles. The topological polar surface area (TPSA) is 99.5 Å². The molecule has 2 heterocycles. The minimum Gasteiger partial charge on any atom is -0.494 e. The van der Waals surface area contributed by atoms with E-state index in [2.05, 4.69) is 14.9 Å². The number of nitrogen functional groups attached to an aromatic ring is 2. The van der Waals surface area contributed by atoms with Gasteiger partial charge in [-0.05, 0) is 61.7 Å². The minimum atomic E-state index is -0.321. The number of piperidine rings is 1. The summed E-state index contributed by atoms with van der Waals surface area (Å²) in [5.74, 6) is 1.56. The van der Waals surface area contributed by atoms with Crippen molar-refractivity contribution >= 4 is 22.7 Å². The highest BCUT2D eigenvalue weighted by molar-refractivity contribution is 5.94. The number of methoxy groups -OCH3 is 1. The highest BCUT2D eigenvalue weighted by atomic mass is 19.1. The van der Waals surface area contributed by atoms with Crippen molar-refractivity contribution in [3.63, 3.8) is 0 Å². The highest BCUT2D eigenvalue weighted by Gasteiger charge is 2.21. The molecule has 4 N–H and O–H groups in total. The van der Waals surface area contributed by atoms with Crippen LogP contribution in [0.2, 0.25) is 0 Å². The molecule has 8 heteroatoms. The molecule has 7 nitrogen and oxygen atoms in total. The van der Waals surface area contributed by atoms with Crippen molar-refractivity contribution in [2.24, 2.45) is 5.92 Å². The summed E-state index contributed by atoms with van der Waals surface area (Å²) in [6.07, 6.45) is 2.03. The lowest BCUT2D eigenvalue weighted by atomic mass is 9.97. The van der Waals surface area contributed by atoms with E-state index >= 15 is 0 Å². The van der Waals surface area contributed by atoms with Gasteiger partial charge in [0, 0.05) is 6.54 Å². The van der Waals surface area contributed by atoms with Gasteiger partial charge in [0.05, 0.1) is 24.6 Å². The molecule has 0 spiro atoms. The van der Waals surface area contributed by atoms with Crippen LogP contribution in [-0.2, 0) is 6.54 Å². The van der Waals surface area contributed by atoms with Gasteiger partial charge in [-0.3, -0.25) is 4.90 Å². The van der Waals surface area contributed by atoms with E-state index in [0.29, 0.717) is 35.0 Å². The van der Waals surface area contributed by atoms with Crippen molar-refractivity contribution in [1.29, 1.82) is 0 Å². The lowest BCUT2D eigenvalue weighted by molar-refractivity contribution is 0.137. The Balaban J connectivity index is 1.32. The van der Waals surface area contributed by atoms with Gasteiger partial charge in [0.1, 0.15) is 11.6 Å². The highest BCUT2D eigenvalue weighted by Crippen LogP contribution is 2.30. The lowest BCUT2D eigenvalue weighted by Gasteiger charge is -2.32. The quantitative estimate of drug-likeness (QED) is 0.642. The normalized spacial score (nSPS) is 15.4. The zero-order valence-electron chi connectivity index (χ0n) is 17.0. The van der Waals surface area contributed by atoms with Crippen LogP contribution in [0.15, 0.2) is 36.4 Å². The number of likely N-dealkylation sites (tertiary alicyclic amines) is 1. The summed E-state index contributed by atoms with van der Waals surface area (Å²) in [6, 6.07) is 10.7. The fraction of sp³-hybridized carbons (Fsp3) is 0.364. The third-order valence-corrected chi connectivity index (χ3v) is 5.53. The van der Waals surface area contributed by atoms with Gasteiger partial charge >= 0.3 is 0 Å². The van der Waals surface area contributed by atoms with Crippen LogP contribution in [0.25, 0.3) is 10.9 Å². The average Bonchev–Trinajstić information content (AvgIpc) is 2.73. The third-order valence-electron chi connectivity index (χ3n) is 5.53. The van der Waals surface area contributed by atoms with Crippen LogP contribution in [-0.4, -0.2) is 41.7 Å². The number of hydrogen-bond acceptors (Lipinski definition) is 7. The summed E-state index contributed by atoms with van der Waals surface area (Å²) in [4.78, 5) is 10.6. The van der Waals surface area contributed by atoms with Gasteiger partial charge in [-0.1, -0.05) is 12.1 Å². The molecule has 0 amide bonds. The molecular weight excluding hydrogens is 385 g/mol. The molecule has 0 aliphatic carbocycles. The van der Waals surface area contributed by atoms with Crippen LogP contribution in [0, 0.1) is 11.7 Å². The third kappa shape index (κ3) is 4.38. The first kappa shape index (κ1) is 20.2. The van der Waals surface area contributed by atoms with Gasteiger partial charge in [0.15, 0.2) is 11.6 Å². The van der Waals surface area contributed by atoms with Crippen LogP contribution in [0.5, 0.6) is 11.5 Å². The average molecular weight is 411 g/mol. The van der Waals surface area contributed by atoms with Gasteiger partial charge in [0.25, 0.3) is 0 Å². The second-order valence-electron chi connectivity index (χ2n) is 7.62. The molecule has 1 fully saturated rings. The standard InChI is InChI=1S/C22H26FN5O2/c1-29-18-6-5-15(11-16(18)23)12-28-9-7-14(8-10-28)13-30-19-4-2-3-17-20(19)21(24)27-22(25)26-17/h2-6,11,14H,7-10,12-13H2,1H3,(H4,24,25,26,27). The maximum atomic E-state index is 13.9. The van der Waals surface area contributed by atoms with Crippen molar-refractivity contribution in [1.82, 2.24) is 14.9 Å². The molecule has 1 saturated heterocycles. The van der Waals surface area contributed by atoms with Gasteiger partial charge in [-0.2, -0.15) is 4.98 Å². The van der Waals surface area contributed by atoms with Gasteiger partial charge in [0.2, 0.25) is 5.95 Å². The van der Waals surface area contributed by atoms with E-state index in [1.165, 1.54) is 7.11 Å². The molecule has 3 aromatic rings. The van der Waals surface area contributed by atoms with Crippen molar-refractivity contribution in [2.75, 3.05) is 38.3 Å². The summed E-state index contributed by atoms with van der Waals surface area (Å²) < 4.78 is 25.0. The predicted octanol–water partition coefficient (Wildman–Crippen LogP) is 3.23. The number of hydrogen-bond donors (Lipinski definition) is 2. The van der Waals surface area contributed by atoms with E-state index in [1.807, 2.05) is 24.3 Å². The van der Waals surface area contributed by atoms with E-state index in [-0.39, 0.29) is 17.5 Å². The number of nitrogens with zero attached hydrogens (tertiary/aromatic N) is 3. The summed E-state index contributed by atoms with van der Waals surface area (Å²) in [5, 5.41) is 0.700. The van der Waals surface area contributed by atoms with E-state index < -0.39 is 0 Å². The molecule has 4 rings (SSSR count). The Labute approximate surface area is 174 Å². The van der Waals surface area contributed by atoms with Crippen molar-refractivity contribution in [3.8, 4) is 11.5 Å². The Morgan fingerprint density at radius 2 is 1.90 bits per heavy atom. The predicted molar refractivity (Wildman–Crippen MR) is 115 cm³/mol. The van der Waals surface area contributed by atoms with Gasteiger partial charge in [-0.25, -0.2) is 9.37 Å². The van der Waals surface area contributed by atoms with Gasteiger partial charge < -0.3 is 20.9 Å². The van der Waals surface area contributed by atoms with E-state index in [1.54, 1.807) is 12.1 Å². The monoisotopic (exact) mass is 411 g/mol. The van der Waals surface area contributed by atoms with Crippen LogP contribution in [0.3, 0.4) is 0 Å². The second-order valence-corrected chi connectivity index (χ2v) is 7.62. The van der Waals surface area contributed by atoms with Crippen LogP contribution < -0.4 is 20.9 Å². The first-order valence-corrected chi connectivity index (χ1v) is 10.0. The number of aromatic nitrogens is 2. The zero-order valence-corrected chi connectivity index (χ0v) is 17.0. The molecule has 158 valence electrons. The SMILES string of the molecule is COc1ccc(CN2CCC(COc3cccc4nc(N)nc(N)c34)CC2)cc1F. The van der Waals surface area contributed by atoms with Crippen LogP contribution >= 0.6 is 0 Å². The lowest BCUT2D eigenvalue weighted by Crippen LogP contribution is -2.35. The fourth-order valence-electron chi connectivity index (χ4n) is 3.90. The molecule has 30 heavy (non-hydrogen) atoms. The number of ether oxygens (including phenoxy) is 2. The van der Waals surface area contributed by atoms with Crippen LogP contribution in [0.1, 0.15) is 18.4 Å². The minimum absolute atomic E-state index is 0.154. The first-order chi connectivity index (χ1) is 14.5. The van der Waals surface area contributed by atoms with Crippen LogP contribution in [0.4, 0.5) is 16.2 Å². The first-order valence-electron chi connectivity index (χ1n) is 10.0. The molecule has 1 aromatic heterocycles. The summed E-state index contributed by atoms with van der Waals surface area (Å²) in [7, 11) is 1.47. The largest absolute Gasteiger partial charge is 0.494 e. The molecule has 1 aliphatic rings. The Hall–Kier alpha value is -3.13. The van der Waals surface area contributed by atoms with Crippen molar-refractivity contribution < 1.29 is 13.9 Å². The Bertz CT molecular complexity index is 1040. The Kier molecular flexibility index (Phi) is 5.85. The number of nitrogens with two attached hydrogens (primary N) is 2. The molecule has 0 atom stereocenters. The Morgan fingerprint density at radius 3 is 2.63 bits per heavy atom. The molecule has 0 bridgehead atoms. The molecule has 0 radical (unpaired) electrons. The number of fused-ring (bicyclic) bond motifs is 1. The van der Waals surface area contributed by atoms with E-state index in [4.69, 9.17) is 20.9 Å². The Morgan fingerprint density at radius 1 is 1.10 bits per heavy atom. The second kappa shape index (κ2) is 8.71. The fourth-order valence-corrected chi connectivity index (χ4v) is 3.90. The van der Waals surface area contributed by atoms with E-state index in [0.717, 1.165) is 38.0 Å². The number of rotatable bonds is 6. The maximum Gasteiger partial charge on any atom is 0.222 e. The molecular formula is C22H26FN5O2. The zero-order chi connectivity index (χ0) is 21.1. The van der Waals surface area contributed by atoms with Crippen molar-refractivity contribution in [3.05, 3.63) is 47.8 Å². The number of anilines is 2. The molecule has 2 aromatic carbocycles. The maximum absolute atomic E-state index is 13.9. The summed E-state index contributed by atoms with van der Waals surface area (Å²) in [6.45, 7) is 3.22. The van der Waals surface area contributed by atoms with Crippen molar-refractivity contribution in [2.45, 2.75) is 19.4 Å². The number of benzene rings is 2. The number of halogens is 1. The van der Waals surface area contributed by atoms with Gasteiger partial charge in [-0.15, -0.1) is 0 Å². The smallest absolute Gasteiger partial charge is 0.222 e. The van der Waals surface area contributed by atoms with E-state index in [9.17, 15) is 4.39 Å². The molecule has 0 unspecified atom stereocenters.